The molecule has 2 amide bonds. The average molecular weight is 382 g/mol. The number of benzene rings is 2. The van der Waals surface area contributed by atoms with Crippen LogP contribution in [0.5, 0.6) is 0 Å². The van der Waals surface area contributed by atoms with Crippen LogP contribution in [0.2, 0.25) is 0 Å². The Bertz CT molecular complexity index is 865. The molecule has 0 radical (unpaired) electrons. The molecule has 1 unspecified atom stereocenters. The number of rotatable bonds is 7. The van der Waals surface area contributed by atoms with Gasteiger partial charge in [0.15, 0.2) is 18.9 Å². The first kappa shape index (κ1) is 21.3. The Hall–Kier alpha value is -2.99. The van der Waals surface area contributed by atoms with E-state index in [1.165, 1.54) is 6.92 Å². The maximum absolute atomic E-state index is 12.4. The predicted octanol–water partition coefficient (Wildman–Crippen LogP) is 1.91. The number of ketones is 1. The Balaban J connectivity index is 1.87. The number of nitrogens with one attached hydrogen (secondary N) is 3. The van der Waals surface area contributed by atoms with Gasteiger partial charge in [-0.15, -0.1) is 0 Å². The summed E-state index contributed by atoms with van der Waals surface area (Å²) in [6, 6.07) is 10.8. The van der Waals surface area contributed by atoms with Gasteiger partial charge in [-0.1, -0.05) is 17.7 Å². The minimum absolute atomic E-state index is 0.0212. The molecule has 28 heavy (non-hydrogen) atoms. The van der Waals surface area contributed by atoms with Crippen molar-refractivity contribution < 1.29 is 19.3 Å². The van der Waals surface area contributed by atoms with Crippen LogP contribution in [0, 0.1) is 20.8 Å². The number of hydrogen-bond donors (Lipinski definition) is 3. The van der Waals surface area contributed by atoms with Crippen molar-refractivity contribution in [2.45, 2.75) is 27.7 Å². The van der Waals surface area contributed by atoms with Gasteiger partial charge in [-0.2, -0.15) is 0 Å². The lowest BCUT2D eigenvalue weighted by molar-refractivity contribution is -0.862. The van der Waals surface area contributed by atoms with Crippen LogP contribution in [0.3, 0.4) is 0 Å². The van der Waals surface area contributed by atoms with E-state index in [0.717, 1.165) is 27.3 Å². The van der Waals surface area contributed by atoms with E-state index in [4.69, 9.17) is 0 Å². The molecule has 3 N–H and O–H groups in total. The standard InChI is InChI=1S/C22H27N3O3/c1-14-10-15(2)22(16(3)11-14)24-21(28)13-25(5)12-20(27)23-19-8-6-18(7-9-19)17(4)26/h6-11H,12-13H2,1-5H3,(H,23,27)(H,24,28)/p+1. The van der Waals surface area contributed by atoms with Gasteiger partial charge in [-0.25, -0.2) is 0 Å². The van der Waals surface area contributed by atoms with Crippen LogP contribution in [-0.2, 0) is 9.59 Å². The number of aryl methyl sites for hydroxylation is 3. The molecule has 2 aromatic carbocycles. The Morgan fingerprint density at radius 2 is 1.36 bits per heavy atom. The van der Waals surface area contributed by atoms with Crippen molar-refractivity contribution in [3.63, 3.8) is 0 Å². The molecule has 0 bridgehead atoms. The zero-order valence-corrected chi connectivity index (χ0v) is 17.1. The molecule has 0 spiro atoms. The molecule has 0 heterocycles. The van der Waals surface area contributed by atoms with Gasteiger partial charge < -0.3 is 15.5 Å². The van der Waals surface area contributed by atoms with Crippen LogP contribution in [-0.4, -0.2) is 37.7 Å². The minimum atomic E-state index is -0.191. The quantitative estimate of drug-likeness (QED) is 0.640. The lowest BCUT2D eigenvalue weighted by Crippen LogP contribution is -3.11. The van der Waals surface area contributed by atoms with Crippen molar-refractivity contribution >= 4 is 29.0 Å². The summed E-state index contributed by atoms with van der Waals surface area (Å²) < 4.78 is 0. The first-order valence-corrected chi connectivity index (χ1v) is 9.25. The van der Waals surface area contributed by atoms with E-state index in [1.54, 1.807) is 31.3 Å². The highest BCUT2D eigenvalue weighted by Crippen LogP contribution is 2.21. The summed E-state index contributed by atoms with van der Waals surface area (Å²) in [6.07, 6.45) is 0. The topological polar surface area (TPSA) is 79.7 Å². The Morgan fingerprint density at radius 1 is 0.857 bits per heavy atom. The van der Waals surface area contributed by atoms with Crippen LogP contribution < -0.4 is 15.5 Å². The molecule has 148 valence electrons. The lowest BCUT2D eigenvalue weighted by Gasteiger charge is -2.16. The molecule has 0 fully saturated rings. The van der Waals surface area contributed by atoms with Gasteiger partial charge in [-0.05, 0) is 63.1 Å². The number of Topliss-reactive ketones (excluding diaryl/α,β-unsaturated/α-hetero) is 1. The molecule has 2 aromatic rings. The molecule has 0 saturated carbocycles. The normalized spacial score (nSPS) is 11.6. The van der Waals surface area contributed by atoms with Gasteiger partial charge >= 0.3 is 0 Å². The average Bonchev–Trinajstić information content (AvgIpc) is 2.58. The largest absolute Gasteiger partial charge is 0.322 e. The molecule has 1 atom stereocenters. The third kappa shape index (κ3) is 6.03. The summed E-state index contributed by atoms with van der Waals surface area (Å²) in [7, 11) is 1.80. The van der Waals surface area contributed by atoms with E-state index in [0.29, 0.717) is 11.3 Å². The van der Waals surface area contributed by atoms with E-state index in [9.17, 15) is 14.4 Å². The molecule has 2 rings (SSSR count). The number of quaternary nitrogens is 1. The van der Waals surface area contributed by atoms with Crippen LogP contribution >= 0.6 is 0 Å². The van der Waals surface area contributed by atoms with Crippen molar-refractivity contribution in [1.82, 2.24) is 0 Å². The first-order chi connectivity index (χ1) is 13.2. The Labute approximate surface area is 165 Å². The fraction of sp³-hybridized carbons (Fsp3) is 0.318. The predicted molar refractivity (Wildman–Crippen MR) is 111 cm³/mol. The van der Waals surface area contributed by atoms with Crippen LogP contribution in [0.1, 0.15) is 34.0 Å². The van der Waals surface area contributed by atoms with Crippen LogP contribution in [0.25, 0.3) is 0 Å². The van der Waals surface area contributed by atoms with E-state index in [1.807, 2.05) is 32.9 Å². The SMILES string of the molecule is CC(=O)c1ccc(NC(=O)C[NH+](C)CC(=O)Nc2c(C)cc(C)cc2C)cc1. The van der Waals surface area contributed by atoms with Crippen molar-refractivity contribution in [3.8, 4) is 0 Å². The zero-order chi connectivity index (χ0) is 20.8. The molecular weight excluding hydrogens is 354 g/mol. The summed E-state index contributed by atoms with van der Waals surface area (Å²) in [4.78, 5) is 36.6. The summed E-state index contributed by atoms with van der Waals surface area (Å²) in [6.45, 7) is 7.80. The fourth-order valence-corrected chi connectivity index (χ4v) is 3.16. The molecule has 0 aliphatic carbocycles. The first-order valence-electron chi connectivity index (χ1n) is 9.25. The highest BCUT2D eigenvalue weighted by molar-refractivity contribution is 5.96. The molecule has 0 saturated heterocycles. The third-order valence-corrected chi connectivity index (χ3v) is 4.44. The Morgan fingerprint density at radius 3 is 1.86 bits per heavy atom. The second-order valence-electron chi connectivity index (χ2n) is 7.31. The number of amides is 2. The summed E-state index contributed by atoms with van der Waals surface area (Å²) in [5.41, 5.74) is 5.25. The van der Waals surface area contributed by atoms with Crippen molar-refractivity contribution in [2.75, 3.05) is 30.8 Å². The van der Waals surface area contributed by atoms with Gasteiger partial charge in [0.25, 0.3) is 11.8 Å². The minimum Gasteiger partial charge on any atom is -0.322 e. The molecule has 6 heteroatoms. The van der Waals surface area contributed by atoms with Gasteiger partial charge in [-0.3, -0.25) is 14.4 Å². The number of anilines is 2. The summed E-state index contributed by atoms with van der Waals surface area (Å²) in [5, 5.41) is 5.74. The highest BCUT2D eigenvalue weighted by Gasteiger charge is 2.16. The Kier molecular flexibility index (Phi) is 7.06. The molecular formula is C22H28N3O3+. The van der Waals surface area contributed by atoms with Gasteiger partial charge in [0.2, 0.25) is 0 Å². The van der Waals surface area contributed by atoms with Crippen LogP contribution in [0.4, 0.5) is 11.4 Å². The van der Waals surface area contributed by atoms with Crippen molar-refractivity contribution in [3.05, 3.63) is 58.7 Å². The molecule has 6 nitrogen and oxygen atoms in total. The summed E-state index contributed by atoms with van der Waals surface area (Å²) >= 11 is 0. The number of likely N-dealkylation sites (N-methyl/N-ethyl adjacent to an activating group) is 1. The second kappa shape index (κ2) is 9.28. The second-order valence-corrected chi connectivity index (χ2v) is 7.31. The maximum atomic E-state index is 12.4. The zero-order valence-electron chi connectivity index (χ0n) is 17.1. The summed E-state index contributed by atoms with van der Waals surface area (Å²) in [5.74, 6) is -0.346. The van der Waals surface area contributed by atoms with Gasteiger partial charge in [0.05, 0.1) is 7.05 Å². The number of carbonyl (C=O) groups excluding carboxylic acids is 3. The fourth-order valence-electron chi connectivity index (χ4n) is 3.16. The lowest BCUT2D eigenvalue weighted by atomic mass is 10.1. The van der Waals surface area contributed by atoms with E-state index < -0.39 is 0 Å². The van der Waals surface area contributed by atoms with E-state index in [2.05, 4.69) is 10.6 Å². The molecule has 0 aliphatic heterocycles. The highest BCUT2D eigenvalue weighted by atomic mass is 16.2. The van der Waals surface area contributed by atoms with Crippen molar-refractivity contribution in [1.29, 1.82) is 0 Å². The van der Waals surface area contributed by atoms with E-state index in [-0.39, 0.29) is 30.7 Å². The number of hydrogen-bond acceptors (Lipinski definition) is 3. The van der Waals surface area contributed by atoms with Gasteiger partial charge in [0.1, 0.15) is 0 Å². The van der Waals surface area contributed by atoms with Gasteiger partial charge in [0, 0.05) is 16.9 Å². The smallest absolute Gasteiger partial charge is 0.279 e. The van der Waals surface area contributed by atoms with E-state index >= 15 is 0 Å². The third-order valence-electron chi connectivity index (χ3n) is 4.44. The number of carbonyl (C=O) groups is 3. The van der Waals surface area contributed by atoms with Crippen LogP contribution in [0.15, 0.2) is 36.4 Å². The monoisotopic (exact) mass is 382 g/mol. The molecule has 0 aromatic heterocycles. The molecule has 0 aliphatic rings. The maximum Gasteiger partial charge on any atom is 0.279 e. The van der Waals surface area contributed by atoms with Crippen molar-refractivity contribution in [2.24, 2.45) is 0 Å².